The molecule has 3 aliphatic rings. The summed E-state index contributed by atoms with van der Waals surface area (Å²) in [6.07, 6.45) is 11.7. The second-order valence-corrected chi connectivity index (χ2v) is 6.15. The summed E-state index contributed by atoms with van der Waals surface area (Å²) in [5.74, 6) is 0.979. The van der Waals surface area contributed by atoms with Crippen molar-refractivity contribution in [3.63, 3.8) is 0 Å². The number of rotatable bonds is 1. The van der Waals surface area contributed by atoms with E-state index >= 15 is 0 Å². The summed E-state index contributed by atoms with van der Waals surface area (Å²) in [5.41, 5.74) is 1.31. The Balaban J connectivity index is 1.89. The first-order valence-corrected chi connectivity index (χ1v) is 7.14. The quantitative estimate of drug-likeness (QED) is 0.732. The largest absolute Gasteiger partial charge is 0.326 e. The number of nitrogens with zero attached hydrogens (tertiary/aromatic N) is 3. The predicted molar refractivity (Wildman–Crippen MR) is 71.7 cm³/mol. The van der Waals surface area contributed by atoms with Crippen LogP contribution in [0.15, 0.2) is 18.6 Å². The van der Waals surface area contributed by atoms with Crippen LogP contribution in [0.4, 0.5) is 0 Å². The average molecular weight is 262 g/mol. The predicted octanol–water partition coefficient (Wildman–Crippen LogP) is 3.76. The Kier molecular flexibility index (Phi) is 2.22. The zero-order valence-electron chi connectivity index (χ0n) is 10.3. The Morgan fingerprint density at radius 2 is 1.89 bits per heavy atom. The number of hydrogen-bond acceptors (Lipinski definition) is 2. The van der Waals surface area contributed by atoms with Crippen molar-refractivity contribution in [1.82, 2.24) is 14.5 Å². The highest BCUT2D eigenvalue weighted by Gasteiger charge is 2.42. The van der Waals surface area contributed by atoms with Crippen molar-refractivity contribution in [3.8, 4) is 0 Å². The summed E-state index contributed by atoms with van der Waals surface area (Å²) in [7, 11) is 0. The van der Waals surface area contributed by atoms with Crippen LogP contribution in [0.1, 0.15) is 38.5 Å². The molecule has 0 N–H and O–H groups in total. The molecule has 94 valence electrons. The molecule has 2 heterocycles. The molecule has 0 aliphatic heterocycles. The monoisotopic (exact) mass is 261 g/mol. The van der Waals surface area contributed by atoms with Gasteiger partial charge in [-0.05, 0) is 50.5 Å². The first-order valence-electron chi connectivity index (χ1n) is 6.77. The minimum absolute atomic E-state index is 0.300. The van der Waals surface area contributed by atoms with Gasteiger partial charge >= 0.3 is 0 Å². The third-order valence-corrected chi connectivity index (χ3v) is 5.30. The van der Waals surface area contributed by atoms with Crippen molar-refractivity contribution in [2.24, 2.45) is 5.92 Å². The van der Waals surface area contributed by atoms with Gasteiger partial charge in [-0.3, -0.25) is 0 Å². The summed E-state index contributed by atoms with van der Waals surface area (Å²) in [6, 6.07) is 2.06. The summed E-state index contributed by atoms with van der Waals surface area (Å²) in [5, 5.41) is 1.56. The molecule has 0 saturated heterocycles. The van der Waals surface area contributed by atoms with Gasteiger partial charge in [-0.15, -0.1) is 0 Å². The highest BCUT2D eigenvalue weighted by atomic mass is 35.5. The van der Waals surface area contributed by atoms with E-state index in [9.17, 15) is 0 Å². The third kappa shape index (κ3) is 1.37. The molecule has 0 aromatic carbocycles. The zero-order chi connectivity index (χ0) is 12.2. The molecule has 5 rings (SSSR count). The van der Waals surface area contributed by atoms with Crippen molar-refractivity contribution >= 4 is 22.6 Å². The number of halogens is 1. The van der Waals surface area contributed by atoms with Gasteiger partial charge in [-0.25, -0.2) is 9.97 Å². The Labute approximate surface area is 111 Å². The fourth-order valence-electron chi connectivity index (χ4n) is 3.89. The molecular formula is C14H16ClN3. The van der Waals surface area contributed by atoms with Gasteiger partial charge in [0.1, 0.15) is 17.1 Å². The smallest absolute Gasteiger partial charge is 0.145 e. The molecule has 0 atom stereocenters. The fraction of sp³-hybridized carbons (Fsp3) is 0.571. The first-order chi connectivity index (χ1) is 8.78. The van der Waals surface area contributed by atoms with Crippen LogP contribution in [0.2, 0.25) is 5.15 Å². The van der Waals surface area contributed by atoms with E-state index in [4.69, 9.17) is 11.6 Å². The van der Waals surface area contributed by atoms with Crippen LogP contribution in [0, 0.1) is 5.92 Å². The van der Waals surface area contributed by atoms with Crippen molar-refractivity contribution in [2.75, 3.05) is 0 Å². The van der Waals surface area contributed by atoms with Gasteiger partial charge in [0.15, 0.2) is 0 Å². The van der Waals surface area contributed by atoms with Gasteiger partial charge in [0.05, 0.1) is 5.39 Å². The Hall–Kier alpha value is -1.09. The molecular weight excluding hydrogens is 246 g/mol. The highest BCUT2D eigenvalue weighted by molar-refractivity contribution is 6.33. The van der Waals surface area contributed by atoms with Crippen LogP contribution >= 0.6 is 11.6 Å². The minimum Gasteiger partial charge on any atom is -0.326 e. The molecule has 0 amide bonds. The molecule has 3 saturated carbocycles. The number of fused-ring (bicyclic) bond motifs is 4. The van der Waals surface area contributed by atoms with E-state index in [1.807, 2.05) is 0 Å². The van der Waals surface area contributed by atoms with Crippen LogP contribution in [0.5, 0.6) is 0 Å². The van der Waals surface area contributed by atoms with Crippen LogP contribution in [0.3, 0.4) is 0 Å². The Morgan fingerprint density at radius 3 is 2.61 bits per heavy atom. The van der Waals surface area contributed by atoms with Crippen molar-refractivity contribution < 1.29 is 0 Å². The SMILES string of the molecule is Clc1ncnc2c1ccn2C12CCC(CC1)CC2. The fourth-order valence-corrected chi connectivity index (χ4v) is 4.08. The molecule has 2 bridgehead atoms. The van der Waals surface area contributed by atoms with Crippen molar-refractivity contribution in [2.45, 2.75) is 44.1 Å². The lowest BCUT2D eigenvalue weighted by Gasteiger charge is -2.47. The Bertz CT molecular complexity index is 582. The van der Waals surface area contributed by atoms with E-state index in [0.717, 1.165) is 17.0 Å². The lowest BCUT2D eigenvalue weighted by atomic mass is 9.65. The maximum atomic E-state index is 6.14. The molecule has 3 nitrogen and oxygen atoms in total. The molecule has 4 heteroatoms. The zero-order valence-corrected chi connectivity index (χ0v) is 11.0. The summed E-state index contributed by atoms with van der Waals surface area (Å²) >= 11 is 6.14. The normalized spacial score (nSPS) is 31.1. The Morgan fingerprint density at radius 1 is 1.17 bits per heavy atom. The third-order valence-electron chi connectivity index (χ3n) is 5.00. The summed E-state index contributed by atoms with van der Waals surface area (Å²) < 4.78 is 2.38. The minimum atomic E-state index is 0.300. The van der Waals surface area contributed by atoms with Crippen LogP contribution in [-0.2, 0) is 5.54 Å². The summed E-state index contributed by atoms with van der Waals surface area (Å²) in [4.78, 5) is 8.52. The standard InChI is InChI=1S/C14H16ClN3/c15-12-11-4-8-18(13(11)17-9-16-12)14-5-1-10(2-6-14)3-7-14/h4,8-10H,1-3,5-7H2. The number of aromatic nitrogens is 3. The van der Waals surface area contributed by atoms with Crippen LogP contribution in [0.25, 0.3) is 11.0 Å². The first kappa shape index (κ1) is 10.8. The van der Waals surface area contributed by atoms with Crippen molar-refractivity contribution in [1.29, 1.82) is 0 Å². The van der Waals surface area contributed by atoms with E-state index in [2.05, 4.69) is 26.8 Å². The van der Waals surface area contributed by atoms with E-state index < -0.39 is 0 Å². The lowest BCUT2D eigenvalue weighted by Crippen LogP contribution is -2.42. The highest BCUT2D eigenvalue weighted by Crippen LogP contribution is 2.49. The van der Waals surface area contributed by atoms with Gasteiger partial charge in [-0.1, -0.05) is 11.6 Å². The lowest BCUT2D eigenvalue weighted by molar-refractivity contribution is 0.0778. The summed E-state index contributed by atoms with van der Waals surface area (Å²) in [6.45, 7) is 0. The van der Waals surface area contributed by atoms with Crippen molar-refractivity contribution in [3.05, 3.63) is 23.7 Å². The van der Waals surface area contributed by atoms with Gasteiger partial charge in [0, 0.05) is 11.7 Å². The maximum absolute atomic E-state index is 6.14. The second kappa shape index (κ2) is 3.70. The van der Waals surface area contributed by atoms with E-state index in [-0.39, 0.29) is 0 Å². The molecule has 0 spiro atoms. The van der Waals surface area contributed by atoms with Crippen LogP contribution < -0.4 is 0 Å². The molecule has 0 radical (unpaired) electrons. The maximum Gasteiger partial charge on any atom is 0.145 e. The van der Waals surface area contributed by atoms with E-state index in [1.165, 1.54) is 38.5 Å². The van der Waals surface area contributed by atoms with E-state index in [0.29, 0.717) is 10.7 Å². The molecule has 18 heavy (non-hydrogen) atoms. The van der Waals surface area contributed by atoms with Gasteiger partial charge in [-0.2, -0.15) is 0 Å². The van der Waals surface area contributed by atoms with Crippen LogP contribution in [-0.4, -0.2) is 14.5 Å². The van der Waals surface area contributed by atoms with Gasteiger partial charge in [0.25, 0.3) is 0 Å². The molecule has 2 aromatic heterocycles. The van der Waals surface area contributed by atoms with Gasteiger partial charge < -0.3 is 4.57 Å². The molecule has 3 aliphatic carbocycles. The molecule has 2 aromatic rings. The van der Waals surface area contributed by atoms with E-state index in [1.54, 1.807) is 6.33 Å². The molecule has 3 fully saturated rings. The number of hydrogen-bond donors (Lipinski definition) is 0. The average Bonchev–Trinajstić information content (AvgIpc) is 2.87. The second-order valence-electron chi connectivity index (χ2n) is 5.79. The van der Waals surface area contributed by atoms with Gasteiger partial charge in [0.2, 0.25) is 0 Å². The topological polar surface area (TPSA) is 30.7 Å². The molecule has 0 unspecified atom stereocenters.